The van der Waals surface area contributed by atoms with E-state index in [4.69, 9.17) is 0 Å². The van der Waals surface area contributed by atoms with E-state index in [1.54, 1.807) is 0 Å². The second-order valence-electron chi connectivity index (χ2n) is 5.26. The van der Waals surface area contributed by atoms with E-state index < -0.39 is 0 Å². The predicted octanol–water partition coefficient (Wildman–Crippen LogP) is 2.89. The second kappa shape index (κ2) is 5.00. The number of carbonyl (C=O) groups is 1. The van der Waals surface area contributed by atoms with Crippen molar-refractivity contribution < 1.29 is 4.79 Å². The standard InChI is InChI=1S/C15H18N4O/c1-10(2)19-9-11(8-17-19)12-4-3-5-13-15(12)16-7-6-14(20)18-13/h3-5,8-10,16H,6-7H2,1-2H3,(H,18,20). The van der Waals surface area contributed by atoms with Gasteiger partial charge in [0, 0.05) is 36.3 Å². The van der Waals surface area contributed by atoms with Crippen LogP contribution in [0.2, 0.25) is 0 Å². The molecule has 0 aliphatic carbocycles. The first-order valence-corrected chi connectivity index (χ1v) is 6.86. The Balaban J connectivity index is 2.05. The highest BCUT2D eigenvalue weighted by Gasteiger charge is 2.16. The van der Waals surface area contributed by atoms with E-state index in [0.29, 0.717) is 19.0 Å². The molecule has 0 unspecified atom stereocenters. The molecular weight excluding hydrogens is 252 g/mol. The first kappa shape index (κ1) is 12.7. The van der Waals surface area contributed by atoms with E-state index in [9.17, 15) is 4.79 Å². The fourth-order valence-corrected chi connectivity index (χ4v) is 2.36. The molecular formula is C15H18N4O. The number of rotatable bonds is 2. The molecule has 3 rings (SSSR count). The van der Waals surface area contributed by atoms with Crippen LogP contribution in [0.3, 0.4) is 0 Å². The molecule has 0 saturated carbocycles. The smallest absolute Gasteiger partial charge is 0.226 e. The number of hydrogen-bond acceptors (Lipinski definition) is 3. The van der Waals surface area contributed by atoms with Crippen molar-refractivity contribution in [3.05, 3.63) is 30.6 Å². The molecule has 1 aromatic carbocycles. The zero-order valence-corrected chi connectivity index (χ0v) is 11.7. The van der Waals surface area contributed by atoms with Crippen molar-refractivity contribution in [1.82, 2.24) is 9.78 Å². The van der Waals surface area contributed by atoms with Gasteiger partial charge in [-0.15, -0.1) is 0 Å². The van der Waals surface area contributed by atoms with Gasteiger partial charge in [-0.3, -0.25) is 9.48 Å². The molecule has 1 aromatic heterocycles. The molecule has 0 saturated heterocycles. The lowest BCUT2D eigenvalue weighted by atomic mass is 10.1. The van der Waals surface area contributed by atoms with Gasteiger partial charge in [-0.25, -0.2) is 0 Å². The third-order valence-electron chi connectivity index (χ3n) is 3.43. The molecule has 0 atom stereocenters. The molecule has 2 N–H and O–H groups in total. The van der Waals surface area contributed by atoms with E-state index in [1.165, 1.54) is 0 Å². The Morgan fingerprint density at radius 3 is 2.95 bits per heavy atom. The number of para-hydroxylation sites is 1. The van der Waals surface area contributed by atoms with E-state index in [1.807, 2.05) is 35.3 Å². The maximum atomic E-state index is 11.6. The summed E-state index contributed by atoms with van der Waals surface area (Å²) in [7, 11) is 0. The van der Waals surface area contributed by atoms with E-state index >= 15 is 0 Å². The zero-order chi connectivity index (χ0) is 14.1. The van der Waals surface area contributed by atoms with Crippen LogP contribution in [0, 0.1) is 0 Å². The van der Waals surface area contributed by atoms with E-state index in [0.717, 1.165) is 22.5 Å². The lowest BCUT2D eigenvalue weighted by Gasteiger charge is -2.12. The number of hydrogen-bond donors (Lipinski definition) is 2. The fraction of sp³-hybridized carbons (Fsp3) is 0.333. The molecule has 5 nitrogen and oxygen atoms in total. The van der Waals surface area contributed by atoms with Crippen LogP contribution in [0.5, 0.6) is 0 Å². The van der Waals surface area contributed by atoms with E-state index in [2.05, 4.69) is 29.6 Å². The number of benzene rings is 1. The number of carbonyl (C=O) groups excluding carboxylic acids is 1. The van der Waals surface area contributed by atoms with Gasteiger partial charge in [0.1, 0.15) is 0 Å². The van der Waals surface area contributed by atoms with Crippen molar-refractivity contribution >= 4 is 17.3 Å². The van der Waals surface area contributed by atoms with Crippen molar-refractivity contribution in [2.45, 2.75) is 26.3 Å². The highest BCUT2D eigenvalue weighted by atomic mass is 16.1. The summed E-state index contributed by atoms with van der Waals surface area (Å²) in [6.45, 7) is 4.84. The fourth-order valence-electron chi connectivity index (χ4n) is 2.36. The first-order chi connectivity index (χ1) is 9.65. The molecule has 1 aliphatic heterocycles. The van der Waals surface area contributed by atoms with Gasteiger partial charge in [0.15, 0.2) is 0 Å². The zero-order valence-electron chi connectivity index (χ0n) is 11.7. The Labute approximate surface area is 118 Å². The Morgan fingerprint density at radius 1 is 1.35 bits per heavy atom. The summed E-state index contributed by atoms with van der Waals surface area (Å²) < 4.78 is 1.93. The number of nitrogens with zero attached hydrogens (tertiary/aromatic N) is 2. The predicted molar refractivity (Wildman–Crippen MR) is 79.8 cm³/mol. The van der Waals surface area contributed by atoms with Crippen LogP contribution in [-0.4, -0.2) is 22.2 Å². The number of anilines is 2. The minimum Gasteiger partial charge on any atom is -0.382 e. The summed E-state index contributed by atoms with van der Waals surface area (Å²) in [4.78, 5) is 11.6. The number of fused-ring (bicyclic) bond motifs is 1. The third kappa shape index (κ3) is 2.27. The lowest BCUT2D eigenvalue weighted by Crippen LogP contribution is -2.10. The quantitative estimate of drug-likeness (QED) is 0.882. The normalized spacial score (nSPS) is 14.4. The SMILES string of the molecule is CC(C)n1cc(-c2cccc3c2NCCC(=O)N3)cn1. The average molecular weight is 270 g/mol. The molecule has 104 valence electrons. The molecule has 0 spiro atoms. The van der Waals surface area contributed by atoms with Crippen LogP contribution in [0.1, 0.15) is 26.3 Å². The van der Waals surface area contributed by atoms with Crippen LogP contribution in [0.25, 0.3) is 11.1 Å². The van der Waals surface area contributed by atoms with Crippen molar-refractivity contribution in [3.8, 4) is 11.1 Å². The number of aromatic nitrogens is 2. The highest BCUT2D eigenvalue weighted by molar-refractivity contribution is 5.99. The van der Waals surface area contributed by atoms with Gasteiger partial charge < -0.3 is 10.6 Å². The van der Waals surface area contributed by atoms with Crippen LogP contribution >= 0.6 is 0 Å². The lowest BCUT2D eigenvalue weighted by molar-refractivity contribution is -0.115. The minimum absolute atomic E-state index is 0.0475. The molecule has 2 aromatic rings. The molecule has 0 fully saturated rings. The summed E-state index contributed by atoms with van der Waals surface area (Å²) in [5.74, 6) is 0.0475. The summed E-state index contributed by atoms with van der Waals surface area (Å²) >= 11 is 0. The van der Waals surface area contributed by atoms with Gasteiger partial charge in [-0.05, 0) is 19.9 Å². The maximum Gasteiger partial charge on any atom is 0.226 e. The molecule has 0 radical (unpaired) electrons. The molecule has 1 aliphatic rings. The number of amides is 1. The van der Waals surface area contributed by atoms with Gasteiger partial charge in [-0.2, -0.15) is 5.10 Å². The molecule has 0 bridgehead atoms. The van der Waals surface area contributed by atoms with Gasteiger partial charge >= 0.3 is 0 Å². The van der Waals surface area contributed by atoms with Crippen LogP contribution < -0.4 is 10.6 Å². The van der Waals surface area contributed by atoms with Crippen LogP contribution in [0.15, 0.2) is 30.6 Å². The summed E-state index contributed by atoms with van der Waals surface area (Å²) in [5.41, 5.74) is 3.93. The monoisotopic (exact) mass is 270 g/mol. The maximum absolute atomic E-state index is 11.6. The van der Waals surface area contributed by atoms with E-state index in [-0.39, 0.29) is 5.91 Å². The van der Waals surface area contributed by atoms with Gasteiger partial charge in [0.2, 0.25) is 5.91 Å². The van der Waals surface area contributed by atoms with Gasteiger partial charge in [0.05, 0.1) is 17.6 Å². The Kier molecular flexibility index (Phi) is 3.18. The number of nitrogens with one attached hydrogen (secondary N) is 2. The van der Waals surface area contributed by atoms with Crippen molar-refractivity contribution in [2.75, 3.05) is 17.2 Å². The summed E-state index contributed by atoms with van der Waals surface area (Å²) in [5, 5.41) is 10.7. The van der Waals surface area contributed by atoms with Crippen molar-refractivity contribution in [2.24, 2.45) is 0 Å². The molecule has 1 amide bonds. The van der Waals surface area contributed by atoms with Crippen LogP contribution in [-0.2, 0) is 4.79 Å². The summed E-state index contributed by atoms with van der Waals surface area (Å²) in [6, 6.07) is 6.25. The van der Waals surface area contributed by atoms with Crippen molar-refractivity contribution in [3.63, 3.8) is 0 Å². The van der Waals surface area contributed by atoms with Crippen LogP contribution in [0.4, 0.5) is 11.4 Å². The Morgan fingerprint density at radius 2 is 2.20 bits per heavy atom. The minimum atomic E-state index is 0.0475. The molecule has 20 heavy (non-hydrogen) atoms. The largest absolute Gasteiger partial charge is 0.382 e. The van der Waals surface area contributed by atoms with Gasteiger partial charge in [-0.1, -0.05) is 12.1 Å². The Bertz CT molecular complexity index is 645. The van der Waals surface area contributed by atoms with Crippen molar-refractivity contribution in [1.29, 1.82) is 0 Å². The topological polar surface area (TPSA) is 59.0 Å². The van der Waals surface area contributed by atoms with Gasteiger partial charge in [0.25, 0.3) is 0 Å². The first-order valence-electron chi connectivity index (χ1n) is 6.86. The highest BCUT2D eigenvalue weighted by Crippen LogP contribution is 2.35. The second-order valence-corrected chi connectivity index (χ2v) is 5.26. The molecule has 5 heteroatoms. The summed E-state index contributed by atoms with van der Waals surface area (Å²) in [6.07, 6.45) is 4.39. The third-order valence-corrected chi connectivity index (χ3v) is 3.43. The Hall–Kier alpha value is -2.30. The average Bonchev–Trinajstić information content (AvgIpc) is 2.82. The molecule has 2 heterocycles.